The Kier molecular flexibility index (Phi) is 6.90. The van der Waals surface area contributed by atoms with E-state index in [0.29, 0.717) is 0 Å². The minimum atomic E-state index is -0.502. The van der Waals surface area contributed by atoms with Crippen molar-refractivity contribution in [3.05, 3.63) is 35.9 Å². The Morgan fingerprint density at radius 2 is 1.76 bits per heavy atom. The molecule has 2 unspecified atom stereocenters. The van der Waals surface area contributed by atoms with Gasteiger partial charge in [-0.05, 0) is 24.3 Å². The predicted molar refractivity (Wildman–Crippen MR) is 87.2 cm³/mol. The number of amides is 1. The molecular formula is C18H29NO2. The second kappa shape index (κ2) is 8.18. The van der Waals surface area contributed by atoms with Crippen LogP contribution in [0.1, 0.15) is 58.4 Å². The van der Waals surface area contributed by atoms with Crippen molar-refractivity contribution in [2.24, 2.45) is 5.92 Å². The van der Waals surface area contributed by atoms with Crippen molar-refractivity contribution in [1.29, 1.82) is 0 Å². The van der Waals surface area contributed by atoms with Gasteiger partial charge in [-0.3, -0.25) is 4.79 Å². The van der Waals surface area contributed by atoms with Crippen LogP contribution < -0.4 is 5.32 Å². The first kappa shape index (κ1) is 17.7. The van der Waals surface area contributed by atoms with E-state index in [9.17, 15) is 9.90 Å². The average Bonchev–Trinajstić information content (AvgIpc) is 2.53. The lowest BCUT2D eigenvalue weighted by Crippen LogP contribution is -2.52. The van der Waals surface area contributed by atoms with Gasteiger partial charge >= 0.3 is 0 Å². The highest BCUT2D eigenvalue weighted by molar-refractivity contribution is 5.84. The molecule has 2 atom stereocenters. The Morgan fingerprint density at radius 3 is 2.19 bits per heavy atom. The summed E-state index contributed by atoms with van der Waals surface area (Å²) in [5.74, 6) is 0.117. The van der Waals surface area contributed by atoms with Crippen LogP contribution in [0.5, 0.6) is 0 Å². The summed E-state index contributed by atoms with van der Waals surface area (Å²) in [6.45, 7) is 8.19. The molecule has 0 aliphatic heterocycles. The minimum absolute atomic E-state index is 0.0201. The second-order valence-corrected chi connectivity index (χ2v) is 5.91. The Labute approximate surface area is 128 Å². The molecule has 0 saturated heterocycles. The van der Waals surface area contributed by atoms with E-state index < -0.39 is 5.54 Å². The predicted octanol–water partition coefficient (Wildman–Crippen LogP) is 3.48. The van der Waals surface area contributed by atoms with Gasteiger partial charge < -0.3 is 10.4 Å². The number of nitrogens with one attached hydrogen (secondary N) is 1. The molecule has 0 fully saturated rings. The van der Waals surface area contributed by atoms with Crippen molar-refractivity contribution in [1.82, 2.24) is 5.32 Å². The highest BCUT2D eigenvalue weighted by Gasteiger charge is 2.33. The summed E-state index contributed by atoms with van der Waals surface area (Å²) in [7, 11) is 0. The van der Waals surface area contributed by atoms with Crippen molar-refractivity contribution >= 4 is 5.91 Å². The third-order valence-corrected chi connectivity index (χ3v) is 4.70. The lowest BCUT2D eigenvalue weighted by Gasteiger charge is -2.34. The molecule has 0 saturated carbocycles. The maximum Gasteiger partial charge on any atom is 0.228 e. The van der Waals surface area contributed by atoms with Crippen LogP contribution in [-0.4, -0.2) is 23.2 Å². The topological polar surface area (TPSA) is 49.3 Å². The number of rotatable bonds is 8. The molecule has 1 aromatic rings. The van der Waals surface area contributed by atoms with E-state index in [4.69, 9.17) is 0 Å². The van der Waals surface area contributed by atoms with E-state index in [0.717, 1.165) is 24.8 Å². The van der Waals surface area contributed by atoms with Crippen molar-refractivity contribution in [3.63, 3.8) is 0 Å². The second-order valence-electron chi connectivity index (χ2n) is 5.91. The Balaban J connectivity index is 3.02. The highest BCUT2D eigenvalue weighted by atomic mass is 16.3. The molecule has 0 aliphatic carbocycles. The Bertz CT molecular complexity index is 418. The molecule has 21 heavy (non-hydrogen) atoms. The number of aliphatic hydroxyl groups excluding tert-OH is 1. The molecule has 0 aromatic heterocycles. The highest BCUT2D eigenvalue weighted by Crippen LogP contribution is 2.28. The van der Waals surface area contributed by atoms with Gasteiger partial charge in [0.05, 0.1) is 18.1 Å². The number of hydrogen-bond donors (Lipinski definition) is 2. The molecule has 0 bridgehead atoms. The van der Waals surface area contributed by atoms with Gasteiger partial charge in [-0.1, -0.05) is 64.4 Å². The van der Waals surface area contributed by atoms with E-state index >= 15 is 0 Å². The number of carbonyl (C=O) groups is 1. The zero-order chi connectivity index (χ0) is 15.9. The van der Waals surface area contributed by atoms with Crippen LogP contribution in [0.25, 0.3) is 0 Å². The van der Waals surface area contributed by atoms with Gasteiger partial charge in [0, 0.05) is 0 Å². The van der Waals surface area contributed by atoms with Gasteiger partial charge in [0.1, 0.15) is 0 Å². The normalized spacial score (nSPS) is 14.5. The quantitative estimate of drug-likeness (QED) is 0.770. The molecule has 0 radical (unpaired) electrons. The van der Waals surface area contributed by atoms with Crippen LogP contribution in [0.3, 0.4) is 0 Å². The smallest absolute Gasteiger partial charge is 0.228 e. The van der Waals surface area contributed by atoms with Gasteiger partial charge in [0.2, 0.25) is 5.91 Å². The van der Waals surface area contributed by atoms with Crippen molar-refractivity contribution < 1.29 is 9.90 Å². The Morgan fingerprint density at radius 1 is 1.19 bits per heavy atom. The molecule has 3 nitrogen and oxygen atoms in total. The maximum atomic E-state index is 12.8. The van der Waals surface area contributed by atoms with Crippen LogP contribution in [0.2, 0.25) is 0 Å². The standard InChI is InChI=1S/C18H29NO2/c1-5-14(4)16(15-11-9-8-10-12-15)17(21)19-18(6-2,7-3)13-20/h8-12,14,16,20H,5-7,13H2,1-4H3,(H,19,21). The summed E-state index contributed by atoms with van der Waals surface area (Å²) in [5.41, 5.74) is 0.542. The van der Waals surface area contributed by atoms with Crippen molar-refractivity contribution in [2.75, 3.05) is 6.61 Å². The lowest BCUT2D eigenvalue weighted by atomic mass is 9.83. The molecule has 1 amide bonds. The van der Waals surface area contributed by atoms with E-state index in [2.05, 4.69) is 19.2 Å². The summed E-state index contributed by atoms with van der Waals surface area (Å²) in [6.07, 6.45) is 2.40. The lowest BCUT2D eigenvalue weighted by molar-refractivity contribution is -0.126. The molecule has 1 aromatic carbocycles. The fraction of sp³-hybridized carbons (Fsp3) is 0.611. The number of hydrogen-bond acceptors (Lipinski definition) is 2. The van der Waals surface area contributed by atoms with Crippen molar-refractivity contribution in [3.8, 4) is 0 Å². The summed E-state index contributed by atoms with van der Waals surface area (Å²) in [4.78, 5) is 12.8. The Hall–Kier alpha value is -1.35. The largest absolute Gasteiger partial charge is 0.394 e. The zero-order valence-electron chi connectivity index (χ0n) is 13.7. The summed E-state index contributed by atoms with van der Waals surface area (Å²) < 4.78 is 0. The summed E-state index contributed by atoms with van der Waals surface area (Å²) in [5, 5.41) is 12.8. The van der Waals surface area contributed by atoms with Gasteiger partial charge in [-0.2, -0.15) is 0 Å². The zero-order valence-corrected chi connectivity index (χ0v) is 13.7. The first-order valence-electron chi connectivity index (χ1n) is 8.01. The van der Waals surface area contributed by atoms with Gasteiger partial charge in [-0.15, -0.1) is 0 Å². The first-order chi connectivity index (χ1) is 10.0. The third-order valence-electron chi connectivity index (χ3n) is 4.70. The molecule has 0 heterocycles. The molecule has 3 heteroatoms. The number of aliphatic hydroxyl groups is 1. The van der Waals surface area contributed by atoms with Crippen LogP contribution in [0.4, 0.5) is 0 Å². The van der Waals surface area contributed by atoms with E-state index in [1.165, 1.54) is 0 Å². The van der Waals surface area contributed by atoms with Crippen LogP contribution in [0, 0.1) is 5.92 Å². The van der Waals surface area contributed by atoms with Crippen LogP contribution in [-0.2, 0) is 4.79 Å². The molecule has 0 spiro atoms. The molecule has 2 N–H and O–H groups in total. The van der Waals surface area contributed by atoms with Gasteiger partial charge in [-0.25, -0.2) is 0 Å². The maximum absolute atomic E-state index is 12.8. The van der Waals surface area contributed by atoms with Gasteiger partial charge in [0.25, 0.3) is 0 Å². The fourth-order valence-electron chi connectivity index (χ4n) is 2.66. The SMILES string of the molecule is CCC(C)C(C(=O)NC(CC)(CC)CO)c1ccccc1. The first-order valence-corrected chi connectivity index (χ1v) is 8.01. The fourth-order valence-corrected chi connectivity index (χ4v) is 2.66. The number of benzene rings is 1. The summed E-state index contributed by atoms with van der Waals surface area (Å²) >= 11 is 0. The van der Waals surface area contributed by atoms with E-state index in [-0.39, 0.29) is 24.3 Å². The third kappa shape index (κ3) is 4.31. The van der Waals surface area contributed by atoms with E-state index in [1.807, 2.05) is 44.2 Å². The average molecular weight is 291 g/mol. The molecular weight excluding hydrogens is 262 g/mol. The van der Waals surface area contributed by atoms with Crippen LogP contribution >= 0.6 is 0 Å². The molecule has 118 valence electrons. The monoisotopic (exact) mass is 291 g/mol. The number of carbonyl (C=O) groups excluding carboxylic acids is 1. The van der Waals surface area contributed by atoms with Crippen molar-refractivity contribution in [2.45, 2.75) is 58.4 Å². The molecule has 0 aliphatic rings. The summed E-state index contributed by atoms with van der Waals surface area (Å²) in [6, 6.07) is 9.92. The van der Waals surface area contributed by atoms with Crippen LogP contribution in [0.15, 0.2) is 30.3 Å². The van der Waals surface area contributed by atoms with E-state index in [1.54, 1.807) is 0 Å². The minimum Gasteiger partial charge on any atom is -0.394 e. The molecule has 1 rings (SSSR count). The van der Waals surface area contributed by atoms with Gasteiger partial charge in [0.15, 0.2) is 0 Å².